The fourth-order valence-corrected chi connectivity index (χ4v) is 6.50. The molecule has 0 radical (unpaired) electrons. The van der Waals surface area contributed by atoms with E-state index in [1.807, 2.05) is 60.7 Å². The van der Waals surface area contributed by atoms with Crippen LogP contribution in [0.25, 0.3) is 66.7 Å². The molecule has 0 bridgehead atoms. The molecule has 9 aromatic rings. The molecule has 0 amide bonds. The van der Waals surface area contributed by atoms with E-state index in [0.29, 0.717) is 11.5 Å². The van der Waals surface area contributed by atoms with Gasteiger partial charge in [0.15, 0.2) is 11.2 Å². The van der Waals surface area contributed by atoms with Crippen molar-refractivity contribution in [2.24, 2.45) is 0 Å². The van der Waals surface area contributed by atoms with Crippen LogP contribution in [0.5, 0.6) is 0 Å². The summed E-state index contributed by atoms with van der Waals surface area (Å²) in [5.74, 6) is 0.577. The monoisotopic (exact) mass is 604 g/mol. The molecule has 0 spiro atoms. The Morgan fingerprint density at radius 2 is 1.04 bits per heavy atom. The maximum absolute atomic E-state index is 6.75. The quantitative estimate of drug-likeness (QED) is 0.189. The lowest BCUT2D eigenvalue weighted by Crippen LogP contribution is -2.11. The van der Waals surface area contributed by atoms with E-state index in [9.17, 15) is 0 Å². The number of oxazole rings is 1. The minimum atomic E-state index is 0.577. The van der Waals surface area contributed by atoms with Gasteiger partial charge in [-0.15, -0.1) is 0 Å². The van der Waals surface area contributed by atoms with E-state index >= 15 is 0 Å². The number of hydrogen-bond donors (Lipinski definition) is 0. The molecule has 4 nitrogen and oxygen atoms in total. The predicted octanol–water partition coefficient (Wildman–Crippen LogP) is 12.2. The summed E-state index contributed by atoms with van der Waals surface area (Å²) in [5.41, 5.74) is 11.4. The van der Waals surface area contributed by atoms with Gasteiger partial charge in [-0.2, -0.15) is 0 Å². The maximum atomic E-state index is 6.75. The van der Waals surface area contributed by atoms with Crippen LogP contribution < -0.4 is 4.90 Å². The van der Waals surface area contributed by atoms with Crippen LogP contribution in [0, 0.1) is 0 Å². The highest BCUT2D eigenvalue weighted by Gasteiger charge is 2.26. The van der Waals surface area contributed by atoms with Gasteiger partial charge in [-0.05, 0) is 53.1 Å². The molecule has 2 heterocycles. The number of furan rings is 1. The van der Waals surface area contributed by atoms with Crippen molar-refractivity contribution in [3.05, 3.63) is 170 Å². The van der Waals surface area contributed by atoms with E-state index in [2.05, 4.69) is 114 Å². The Bertz CT molecular complexity index is 2500. The second-order valence-electron chi connectivity index (χ2n) is 11.6. The van der Waals surface area contributed by atoms with Crippen molar-refractivity contribution >= 4 is 50.1 Å². The van der Waals surface area contributed by atoms with Gasteiger partial charge in [0.2, 0.25) is 5.89 Å². The number of fused-ring (bicyclic) bond motifs is 5. The number of hydrogen-bond acceptors (Lipinski definition) is 4. The third-order valence-corrected chi connectivity index (χ3v) is 8.71. The van der Waals surface area contributed by atoms with Crippen LogP contribution in [-0.4, -0.2) is 4.98 Å². The lowest BCUT2D eigenvalue weighted by molar-refractivity contribution is 0.619. The van der Waals surface area contributed by atoms with Gasteiger partial charge in [0.05, 0.1) is 16.8 Å². The summed E-state index contributed by atoms with van der Waals surface area (Å²) in [4.78, 5) is 7.33. The van der Waals surface area contributed by atoms with Crippen molar-refractivity contribution < 1.29 is 8.83 Å². The molecule has 2 aromatic heterocycles. The van der Waals surface area contributed by atoms with Crippen LogP contribution in [-0.2, 0) is 0 Å². The first-order valence-corrected chi connectivity index (χ1v) is 15.7. The number of rotatable bonds is 6. The lowest BCUT2D eigenvalue weighted by atomic mass is 10.0. The van der Waals surface area contributed by atoms with Gasteiger partial charge in [0.25, 0.3) is 0 Å². The molecule has 0 unspecified atom stereocenters. The summed E-state index contributed by atoms with van der Waals surface area (Å²) in [7, 11) is 0. The predicted molar refractivity (Wildman–Crippen MR) is 192 cm³/mol. The van der Waals surface area contributed by atoms with E-state index in [1.54, 1.807) is 0 Å². The highest BCUT2D eigenvalue weighted by molar-refractivity contribution is 6.21. The van der Waals surface area contributed by atoms with Gasteiger partial charge in [0.1, 0.15) is 11.1 Å². The molecule has 47 heavy (non-hydrogen) atoms. The van der Waals surface area contributed by atoms with Crippen LogP contribution in [0.1, 0.15) is 0 Å². The van der Waals surface area contributed by atoms with Crippen LogP contribution in [0.4, 0.5) is 17.1 Å². The highest BCUT2D eigenvalue weighted by Crippen LogP contribution is 2.48. The summed E-state index contributed by atoms with van der Waals surface area (Å²) in [6, 6.07) is 58.5. The molecule has 4 heteroatoms. The SMILES string of the molecule is c1ccc(-c2ccc(N(c3ccccc3-c3ccccc3)c3cc4oc(-c5ccccc5)nc4c4c3oc3ccccc34)cc2)cc1. The Hall–Kier alpha value is -6.39. The Balaban J connectivity index is 1.34. The van der Waals surface area contributed by atoms with Crippen molar-refractivity contribution in [1.29, 1.82) is 0 Å². The average molecular weight is 605 g/mol. The van der Waals surface area contributed by atoms with Crippen molar-refractivity contribution in [2.45, 2.75) is 0 Å². The third-order valence-electron chi connectivity index (χ3n) is 8.71. The molecule has 0 aliphatic heterocycles. The van der Waals surface area contributed by atoms with E-state index < -0.39 is 0 Å². The molecule has 0 aliphatic carbocycles. The van der Waals surface area contributed by atoms with Gasteiger partial charge in [0, 0.05) is 28.3 Å². The third kappa shape index (κ3) is 4.66. The Labute approximate surface area is 271 Å². The van der Waals surface area contributed by atoms with E-state index in [-0.39, 0.29) is 0 Å². The second kappa shape index (κ2) is 11.2. The summed E-state index contributed by atoms with van der Waals surface area (Å²) in [6.07, 6.45) is 0. The van der Waals surface area contributed by atoms with Gasteiger partial charge >= 0.3 is 0 Å². The fraction of sp³-hybridized carbons (Fsp3) is 0. The summed E-state index contributed by atoms with van der Waals surface area (Å²) >= 11 is 0. The molecule has 0 saturated heterocycles. The van der Waals surface area contributed by atoms with Crippen LogP contribution in [0.15, 0.2) is 179 Å². The number of anilines is 3. The van der Waals surface area contributed by atoms with Gasteiger partial charge < -0.3 is 13.7 Å². The molecule has 222 valence electrons. The van der Waals surface area contributed by atoms with Crippen molar-refractivity contribution in [1.82, 2.24) is 4.98 Å². The van der Waals surface area contributed by atoms with Gasteiger partial charge in [-0.25, -0.2) is 4.98 Å². The normalized spacial score (nSPS) is 11.4. The van der Waals surface area contributed by atoms with Crippen LogP contribution in [0.3, 0.4) is 0 Å². The zero-order valence-electron chi connectivity index (χ0n) is 25.4. The lowest BCUT2D eigenvalue weighted by Gasteiger charge is -2.28. The first-order valence-electron chi connectivity index (χ1n) is 15.7. The van der Waals surface area contributed by atoms with Gasteiger partial charge in [-0.1, -0.05) is 127 Å². The molecule has 0 N–H and O–H groups in total. The molecule has 0 atom stereocenters. The second-order valence-corrected chi connectivity index (χ2v) is 11.6. The number of nitrogens with zero attached hydrogens (tertiary/aromatic N) is 2. The van der Waals surface area contributed by atoms with E-state index in [4.69, 9.17) is 13.8 Å². The Morgan fingerprint density at radius 1 is 0.447 bits per heavy atom. The standard InChI is InChI=1S/C43H28N2O2/c1-4-14-29(15-5-1)30-24-26-33(27-25-30)45(36-22-12-10-20-34(36)31-16-6-2-7-17-31)37-28-39-41(44-43(47-39)32-18-8-3-9-19-32)40-35-21-11-13-23-38(35)46-42(37)40/h1-28H. The molecule has 0 fully saturated rings. The van der Waals surface area contributed by atoms with Crippen molar-refractivity contribution in [3.8, 4) is 33.7 Å². The number of benzene rings is 7. The van der Waals surface area contributed by atoms with E-state index in [0.717, 1.165) is 66.8 Å². The molecule has 9 rings (SSSR count). The number of para-hydroxylation sites is 2. The van der Waals surface area contributed by atoms with Crippen LogP contribution >= 0.6 is 0 Å². The Kier molecular flexibility index (Phi) is 6.43. The Morgan fingerprint density at radius 3 is 1.79 bits per heavy atom. The first-order chi connectivity index (χ1) is 23.3. The highest BCUT2D eigenvalue weighted by atomic mass is 16.4. The minimum Gasteiger partial charge on any atom is -0.454 e. The van der Waals surface area contributed by atoms with Gasteiger partial charge in [-0.3, -0.25) is 0 Å². The zero-order valence-corrected chi connectivity index (χ0v) is 25.4. The minimum absolute atomic E-state index is 0.577. The summed E-state index contributed by atoms with van der Waals surface area (Å²) in [6.45, 7) is 0. The van der Waals surface area contributed by atoms with E-state index in [1.165, 1.54) is 5.56 Å². The largest absolute Gasteiger partial charge is 0.454 e. The average Bonchev–Trinajstić information content (AvgIpc) is 3.76. The summed E-state index contributed by atoms with van der Waals surface area (Å²) < 4.78 is 13.3. The van der Waals surface area contributed by atoms with Crippen molar-refractivity contribution in [3.63, 3.8) is 0 Å². The topological polar surface area (TPSA) is 42.4 Å². The maximum Gasteiger partial charge on any atom is 0.227 e. The van der Waals surface area contributed by atoms with Crippen LogP contribution in [0.2, 0.25) is 0 Å². The molecule has 0 saturated carbocycles. The number of aromatic nitrogens is 1. The molecule has 7 aromatic carbocycles. The zero-order chi connectivity index (χ0) is 31.2. The smallest absolute Gasteiger partial charge is 0.227 e. The fourth-order valence-electron chi connectivity index (χ4n) is 6.50. The molecular formula is C43H28N2O2. The summed E-state index contributed by atoms with van der Waals surface area (Å²) in [5, 5.41) is 1.93. The van der Waals surface area contributed by atoms with Crippen molar-refractivity contribution in [2.75, 3.05) is 4.90 Å². The molecular weight excluding hydrogens is 576 g/mol. The molecule has 0 aliphatic rings. The first kappa shape index (κ1) is 27.0.